The molecule has 0 radical (unpaired) electrons. The lowest BCUT2D eigenvalue weighted by Crippen LogP contribution is -2.51. The highest BCUT2D eigenvalue weighted by atomic mass is 32.1. The lowest BCUT2D eigenvalue weighted by atomic mass is 9.87. The molecule has 1 aromatic carbocycles. The molecule has 6 nitrogen and oxygen atoms in total. The van der Waals surface area contributed by atoms with Gasteiger partial charge in [-0.15, -0.1) is 0 Å². The van der Waals surface area contributed by atoms with Crippen LogP contribution in [0.25, 0.3) is 0 Å². The van der Waals surface area contributed by atoms with Gasteiger partial charge in [-0.25, -0.2) is 0 Å². The van der Waals surface area contributed by atoms with Crippen molar-refractivity contribution in [3.63, 3.8) is 0 Å². The van der Waals surface area contributed by atoms with Crippen molar-refractivity contribution in [1.29, 1.82) is 5.26 Å². The molecule has 1 unspecified atom stereocenters. The van der Waals surface area contributed by atoms with Crippen molar-refractivity contribution in [2.24, 2.45) is 5.92 Å². The summed E-state index contributed by atoms with van der Waals surface area (Å²) in [5, 5.41) is 11.0. The Bertz CT molecular complexity index is 1120. The summed E-state index contributed by atoms with van der Waals surface area (Å²) >= 11 is 5.68. The number of hydrogen-bond acceptors (Lipinski definition) is 5. The summed E-state index contributed by atoms with van der Waals surface area (Å²) in [6.07, 6.45) is 1.59. The summed E-state index contributed by atoms with van der Waals surface area (Å²) in [5.41, 5.74) is -2.57. The fourth-order valence-corrected chi connectivity index (χ4v) is 6.94. The molecule has 0 spiro atoms. The number of nitrogens with one attached hydrogen (secondary N) is 1. The number of carbonyl (C=O) groups excluding carboxylic acids is 1. The third-order valence-corrected chi connectivity index (χ3v) is 8.54. The van der Waals surface area contributed by atoms with Crippen molar-refractivity contribution in [3.8, 4) is 6.07 Å². The number of nitriles is 1. The van der Waals surface area contributed by atoms with E-state index in [4.69, 9.17) is 23.6 Å². The van der Waals surface area contributed by atoms with Gasteiger partial charge in [-0.1, -0.05) is 0 Å². The van der Waals surface area contributed by atoms with Gasteiger partial charge in [0.25, 0.3) is 5.91 Å². The zero-order valence-electron chi connectivity index (χ0n) is 23.4. The molecule has 3 fully saturated rings. The largest absolute Gasteiger partial charge is 0.417 e. The van der Waals surface area contributed by atoms with Gasteiger partial charge in [0.1, 0.15) is 6.95 Å². The van der Waals surface area contributed by atoms with Gasteiger partial charge in [0.05, 0.1) is 29.0 Å². The first-order valence-corrected chi connectivity index (χ1v) is 13.8. The Hall–Kier alpha value is -2.22. The van der Waals surface area contributed by atoms with Gasteiger partial charge in [-0.2, -0.15) is 18.4 Å². The lowest BCUT2D eigenvalue weighted by Gasteiger charge is -2.41. The minimum absolute atomic E-state index is 0.0174. The van der Waals surface area contributed by atoms with Crippen molar-refractivity contribution >= 4 is 28.9 Å². The maximum absolute atomic E-state index is 13.6. The molecule has 1 saturated carbocycles. The summed E-state index contributed by atoms with van der Waals surface area (Å²) in [4.78, 5) is 16.5. The highest BCUT2D eigenvalue weighted by Gasteiger charge is 2.52. The van der Waals surface area contributed by atoms with E-state index in [0.29, 0.717) is 12.5 Å². The molecule has 0 bridgehead atoms. The monoisotopic (exact) mass is 551 g/mol. The number of benzene rings is 1. The van der Waals surface area contributed by atoms with Crippen LogP contribution in [0.15, 0.2) is 18.2 Å². The van der Waals surface area contributed by atoms with Crippen LogP contribution in [-0.2, 0) is 15.7 Å². The number of rotatable bonds is 6. The summed E-state index contributed by atoms with van der Waals surface area (Å²) in [7, 11) is 0. The van der Waals surface area contributed by atoms with Gasteiger partial charge in [-0.05, 0) is 109 Å². The summed E-state index contributed by atoms with van der Waals surface area (Å²) in [6, 6.07) is 5.33. The Morgan fingerprint density at radius 1 is 1.21 bits per heavy atom. The molecule has 3 aliphatic rings. The smallest absolute Gasteiger partial charge is 0.378 e. The molecule has 1 N–H and O–H groups in total. The second-order valence-corrected chi connectivity index (χ2v) is 11.8. The fraction of sp³-hybridized carbons (Fsp3) is 0.679. The zero-order valence-corrected chi connectivity index (χ0v) is 23.2. The van der Waals surface area contributed by atoms with Crippen LogP contribution in [0.5, 0.6) is 0 Å². The topological polar surface area (TPSA) is 68.6 Å². The van der Waals surface area contributed by atoms with Gasteiger partial charge in [0, 0.05) is 24.7 Å². The molecule has 2 heterocycles. The number of carbonyl (C=O) groups is 1. The molecule has 1 aromatic rings. The molecule has 208 valence electrons. The molecule has 0 aromatic heterocycles. The van der Waals surface area contributed by atoms with Gasteiger partial charge in [0.15, 0.2) is 5.11 Å². The molecular weight excluding hydrogens is 513 g/mol. The lowest BCUT2D eigenvalue weighted by molar-refractivity contribution is -0.137. The molecule has 1 amide bonds. The minimum atomic E-state index is -4.73. The molecule has 2 aliphatic heterocycles. The first kappa shape index (κ1) is 27.4. The van der Waals surface area contributed by atoms with E-state index in [2.05, 4.69) is 13.8 Å². The average Bonchev–Trinajstić information content (AvgIpc) is 3.05. The van der Waals surface area contributed by atoms with Crippen LogP contribution in [0.1, 0.15) is 83.8 Å². The van der Waals surface area contributed by atoms with Crippen LogP contribution in [-0.4, -0.2) is 52.3 Å². The quantitative estimate of drug-likeness (QED) is 0.452. The molecule has 38 heavy (non-hydrogen) atoms. The molecule has 4 rings (SSSR count). The summed E-state index contributed by atoms with van der Waals surface area (Å²) in [6.45, 7) is 8.40. The van der Waals surface area contributed by atoms with Gasteiger partial charge < -0.3 is 14.9 Å². The Kier molecular flexibility index (Phi) is 7.99. The number of amides is 1. The first-order valence-electron chi connectivity index (χ1n) is 13.9. The molecule has 3 atom stereocenters. The van der Waals surface area contributed by atoms with E-state index in [1.54, 1.807) is 25.2 Å². The highest BCUT2D eigenvalue weighted by Crippen LogP contribution is 2.40. The Labute approximate surface area is 229 Å². The number of piperidine rings is 1. The molecule has 1 aliphatic carbocycles. The third kappa shape index (κ3) is 5.85. The van der Waals surface area contributed by atoms with Crippen molar-refractivity contribution in [1.82, 2.24) is 10.2 Å². The van der Waals surface area contributed by atoms with Crippen LogP contribution in [0.3, 0.4) is 0 Å². The number of thiocarbonyl (C=S) groups is 1. The van der Waals surface area contributed by atoms with E-state index in [-0.39, 0.29) is 40.9 Å². The van der Waals surface area contributed by atoms with E-state index in [9.17, 15) is 18.0 Å². The van der Waals surface area contributed by atoms with Crippen LogP contribution < -0.4 is 10.2 Å². The predicted molar refractivity (Wildman–Crippen MR) is 144 cm³/mol. The van der Waals surface area contributed by atoms with Crippen LogP contribution in [0.4, 0.5) is 18.9 Å². The van der Waals surface area contributed by atoms with Gasteiger partial charge in [-0.3, -0.25) is 9.69 Å². The average molecular weight is 552 g/mol. The van der Waals surface area contributed by atoms with E-state index < -0.39 is 22.8 Å². The number of anilines is 1. The molecule has 10 heteroatoms. The SMILES string of the molecule is [2H]N1[C@H](C)CC(CCO[C@H]2CC[C@H](N3C(=S)N(c4ccc(C#N)c(C(F)(F)F)c4)C(=O)C3(C)C)CC2)C[C@@H]1C. The van der Waals surface area contributed by atoms with E-state index >= 15 is 0 Å². The Balaban J connectivity index is 1.38. The Morgan fingerprint density at radius 3 is 2.42 bits per heavy atom. The van der Waals surface area contributed by atoms with Crippen molar-refractivity contribution < 1.29 is 24.1 Å². The van der Waals surface area contributed by atoms with E-state index in [0.717, 1.165) is 57.1 Å². The second kappa shape index (κ2) is 11.1. The molecular formula is C28H37F3N4O2S. The number of ether oxygens (including phenoxy) is 1. The number of halogens is 3. The zero-order chi connectivity index (χ0) is 28.7. The normalized spacial score (nSPS) is 30.9. The van der Waals surface area contributed by atoms with Crippen molar-refractivity contribution in [2.75, 3.05) is 11.5 Å². The maximum atomic E-state index is 13.6. The second-order valence-electron chi connectivity index (χ2n) is 11.5. The van der Waals surface area contributed by atoms with Crippen LogP contribution >= 0.6 is 12.2 Å². The van der Waals surface area contributed by atoms with E-state index in [1.807, 2.05) is 4.90 Å². The van der Waals surface area contributed by atoms with Gasteiger partial charge in [0.2, 0.25) is 0 Å². The first-order chi connectivity index (χ1) is 18.3. The van der Waals surface area contributed by atoms with Crippen molar-refractivity contribution in [2.45, 2.75) is 109 Å². The fourth-order valence-electron chi connectivity index (χ4n) is 6.38. The highest BCUT2D eigenvalue weighted by molar-refractivity contribution is 7.80. The minimum Gasteiger partial charge on any atom is -0.378 e. The maximum Gasteiger partial charge on any atom is 0.417 e. The number of alkyl halides is 3. The third-order valence-electron chi connectivity index (χ3n) is 8.16. The van der Waals surface area contributed by atoms with E-state index in [1.165, 1.54) is 11.0 Å². The summed E-state index contributed by atoms with van der Waals surface area (Å²) < 4.78 is 55.0. The summed E-state index contributed by atoms with van der Waals surface area (Å²) in [5.74, 6) is 0.179. The standard InChI is InChI=1S/C28H37F3N4O2S/c1-17-13-19(14-18(2)33-17)11-12-37-23-9-7-21(8-10-23)35-26(38)34(25(36)27(35,3)4)22-6-5-20(16-32)24(15-22)28(29,30)31/h5-6,15,17-19,21,23,33H,7-14H2,1-4H3/t17-,18+,19?,21-,23-/i/hD. The van der Waals surface area contributed by atoms with Crippen LogP contribution in [0.2, 0.25) is 1.41 Å². The van der Waals surface area contributed by atoms with Crippen molar-refractivity contribution in [3.05, 3.63) is 29.3 Å². The predicted octanol–water partition coefficient (Wildman–Crippen LogP) is 5.78. The van der Waals surface area contributed by atoms with Gasteiger partial charge >= 0.3 is 6.18 Å². The number of nitrogens with zero attached hydrogens (tertiary/aromatic N) is 3. The number of hydrogen-bond donors (Lipinski definition) is 1. The van der Waals surface area contributed by atoms with Crippen LogP contribution in [0, 0.1) is 17.2 Å². The Morgan fingerprint density at radius 2 is 1.84 bits per heavy atom. The molecule has 2 saturated heterocycles.